The maximum Gasteiger partial charge on any atom is 0.472 e. The highest BCUT2D eigenvalue weighted by Gasteiger charge is 2.68. The molecule has 0 aliphatic rings. The van der Waals surface area contributed by atoms with Crippen LogP contribution in [-0.4, -0.2) is 27.0 Å². The molecule has 0 rings (SSSR count). The van der Waals surface area contributed by atoms with E-state index >= 15 is 0 Å². The summed E-state index contributed by atoms with van der Waals surface area (Å²) in [5, 5.41) is -5.87. The predicted octanol–water partition coefficient (Wildman–Crippen LogP) is 1.12. The van der Waals surface area contributed by atoms with Gasteiger partial charge in [-0.05, 0) is 0 Å². The lowest BCUT2D eigenvalue weighted by molar-refractivity contribution is -0.243. The third kappa shape index (κ3) is 1.66. The Bertz CT molecular complexity index is 252. The largest absolute Gasteiger partial charge is 0.472 e. The Morgan fingerprint density at radius 1 is 1.08 bits per heavy atom. The second-order valence-electron chi connectivity index (χ2n) is 1.64. The van der Waals surface area contributed by atoms with Crippen molar-refractivity contribution in [2.45, 2.75) is 11.4 Å². The molecule has 0 radical (unpaired) electrons. The molecule has 74 valence electrons. The number of rotatable bonds is 2. The number of halogens is 5. The molecule has 0 aromatic rings. The van der Waals surface area contributed by atoms with Crippen molar-refractivity contribution in [1.82, 2.24) is 0 Å². The summed E-state index contributed by atoms with van der Waals surface area (Å²) in [6, 6.07) is 0. The highest BCUT2D eigenvalue weighted by molar-refractivity contribution is 7.87. The molecule has 0 aliphatic carbocycles. The molecule has 0 aromatic heterocycles. The summed E-state index contributed by atoms with van der Waals surface area (Å²) in [4.78, 5) is 0. The number of hydrogen-bond acceptors (Lipinski definition) is 3. The molecule has 9 heteroatoms. The minimum Gasteiger partial charge on any atom is -0.269 e. The van der Waals surface area contributed by atoms with Gasteiger partial charge in [-0.1, -0.05) is 0 Å². The molecule has 0 saturated carbocycles. The standard InChI is InChI=1S/C3H3F5O3S/c1-11-12(9,10)3(7,8)2(4,5)6/h1H3. The first-order valence-corrected chi connectivity index (χ1v) is 3.72. The van der Waals surface area contributed by atoms with Crippen LogP contribution in [0, 0.1) is 0 Å². The third-order valence-electron chi connectivity index (χ3n) is 0.863. The maximum absolute atomic E-state index is 11.9. The molecule has 0 aliphatic heterocycles. The van der Waals surface area contributed by atoms with Gasteiger partial charge in [-0.15, -0.1) is 0 Å². The molecule has 0 heterocycles. The summed E-state index contributed by atoms with van der Waals surface area (Å²) in [5.41, 5.74) is 0. The molecular formula is C3H3F5O3S. The SMILES string of the molecule is COS(=O)(=O)C(F)(F)C(F)(F)F. The van der Waals surface area contributed by atoms with Crippen molar-refractivity contribution in [2.75, 3.05) is 7.11 Å². The Balaban J connectivity index is 5.14. The van der Waals surface area contributed by atoms with Crippen molar-refractivity contribution in [3.8, 4) is 0 Å². The van der Waals surface area contributed by atoms with Gasteiger partial charge < -0.3 is 0 Å². The van der Waals surface area contributed by atoms with Crippen molar-refractivity contribution in [3.63, 3.8) is 0 Å². The molecule has 3 nitrogen and oxygen atoms in total. The molecule has 0 unspecified atom stereocenters. The molecule has 0 spiro atoms. The summed E-state index contributed by atoms with van der Waals surface area (Å²) < 4.78 is 80.6. The topological polar surface area (TPSA) is 43.4 Å². The Morgan fingerprint density at radius 3 is 1.50 bits per heavy atom. The van der Waals surface area contributed by atoms with E-state index in [9.17, 15) is 30.4 Å². The average molecular weight is 214 g/mol. The molecular weight excluding hydrogens is 211 g/mol. The van der Waals surface area contributed by atoms with Gasteiger partial charge in [0.15, 0.2) is 0 Å². The second-order valence-corrected chi connectivity index (χ2v) is 3.39. The average Bonchev–Trinajstić information content (AvgIpc) is 1.85. The highest BCUT2D eigenvalue weighted by Crippen LogP contribution is 2.40. The minimum absolute atomic E-state index is 0.217. The quantitative estimate of drug-likeness (QED) is 0.511. The van der Waals surface area contributed by atoms with E-state index in [1.54, 1.807) is 0 Å². The van der Waals surface area contributed by atoms with Crippen LogP contribution in [0.4, 0.5) is 22.0 Å². The smallest absolute Gasteiger partial charge is 0.269 e. The van der Waals surface area contributed by atoms with Crippen molar-refractivity contribution >= 4 is 10.1 Å². The molecule has 0 N–H and O–H groups in total. The molecule has 0 aromatic carbocycles. The summed E-state index contributed by atoms with van der Waals surface area (Å²) in [7, 11) is -5.70. The predicted molar refractivity (Wildman–Crippen MR) is 26.9 cm³/mol. The number of alkyl halides is 5. The zero-order valence-corrected chi connectivity index (χ0v) is 6.34. The molecule has 0 saturated heterocycles. The molecule has 0 fully saturated rings. The highest BCUT2D eigenvalue weighted by atomic mass is 32.2. The fourth-order valence-electron chi connectivity index (χ4n) is 0.246. The van der Waals surface area contributed by atoms with E-state index in [4.69, 9.17) is 0 Å². The van der Waals surface area contributed by atoms with Crippen LogP contribution in [0.25, 0.3) is 0 Å². The van der Waals surface area contributed by atoms with Gasteiger partial charge in [0.05, 0.1) is 7.11 Å². The van der Waals surface area contributed by atoms with Crippen molar-refractivity contribution in [3.05, 3.63) is 0 Å². The van der Waals surface area contributed by atoms with E-state index in [-0.39, 0.29) is 7.11 Å². The first kappa shape index (κ1) is 11.6. The maximum atomic E-state index is 11.9. The Morgan fingerprint density at radius 2 is 1.42 bits per heavy atom. The Labute approximate surface area is 64.2 Å². The van der Waals surface area contributed by atoms with Gasteiger partial charge in [-0.3, -0.25) is 4.18 Å². The van der Waals surface area contributed by atoms with E-state index in [1.165, 1.54) is 0 Å². The normalized spacial score (nSPS) is 14.8. The van der Waals surface area contributed by atoms with E-state index in [0.29, 0.717) is 0 Å². The summed E-state index contributed by atoms with van der Waals surface area (Å²) in [5.74, 6) is 0. The first-order chi connectivity index (χ1) is 5.06. The van der Waals surface area contributed by atoms with Crippen LogP contribution in [0.3, 0.4) is 0 Å². The fraction of sp³-hybridized carbons (Fsp3) is 1.00. The Kier molecular flexibility index (Phi) is 2.70. The zero-order chi connectivity index (χ0) is 10.2. The second kappa shape index (κ2) is 2.80. The van der Waals surface area contributed by atoms with Gasteiger partial charge in [0.1, 0.15) is 0 Å². The van der Waals surface area contributed by atoms with Crippen LogP contribution in [0.5, 0.6) is 0 Å². The van der Waals surface area contributed by atoms with Crippen molar-refractivity contribution < 1.29 is 34.6 Å². The van der Waals surface area contributed by atoms with Gasteiger partial charge in [0.2, 0.25) is 0 Å². The summed E-state index contributed by atoms with van der Waals surface area (Å²) in [6.07, 6.45) is -6.16. The Hall–Kier alpha value is -0.440. The summed E-state index contributed by atoms with van der Waals surface area (Å²) >= 11 is 0. The van der Waals surface area contributed by atoms with Crippen molar-refractivity contribution in [2.24, 2.45) is 0 Å². The van der Waals surface area contributed by atoms with E-state index in [1.807, 2.05) is 0 Å². The monoisotopic (exact) mass is 214 g/mol. The fourth-order valence-corrected chi connectivity index (χ4v) is 0.739. The number of hydrogen-bond donors (Lipinski definition) is 0. The third-order valence-corrected chi connectivity index (χ3v) is 2.16. The first-order valence-electron chi connectivity index (χ1n) is 2.31. The van der Waals surface area contributed by atoms with Crippen LogP contribution in [0.1, 0.15) is 0 Å². The lowest BCUT2D eigenvalue weighted by atomic mass is 10.7. The lowest BCUT2D eigenvalue weighted by Gasteiger charge is -2.17. The van der Waals surface area contributed by atoms with Gasteiger partial charge in [-0.2, -0.15) is 30.4 Å². The van der Waals surface area contributed by atoms with Crippen molar-refractivity contribution in [1.29, 1.82) is 0 Å². The molecule has 0 atom stereocenters. The van der Waals surface area contributed by atoms with Crippen LogP contribution >= 0.6 is 0 Å². The molecule has 0 bridgehead atoms. The minimum atomic E-state index is -6.16. The molecule has 0 amide bonds. The van der Waals surface area contributed by atoms with Crippen LogP contribution in [0.15, 0.2) is 0 Å². The van der Waals surface area contributed by atoms with E-state index in [2.05, 4.69) is 4.18 Å². The van der Waals surface area contributed by atoms with Crippen LogP contribution in [-0.2, 0) is 14.3 Å². The van der Waals surface area contributed by atoms with Gasteiger partial charge in [0.25, 0.3) is 0 Å². The van der Waals surface area contributed by atoms with Gasteiger partial charge in [0, 0.05) is 0 Å². The summed E-state index contributed by atoms with van der Waals surface area (Å²) in [6.45, 7) is 0. The lowest BCUT2D eigenvalue weighted by Crippen LogP contribution is -2.44. The van der Waals surface area contributed by atoms with Crippen LogP contribution in [0.2, 0.25) is 0 Å². The molecule has 12 heavy (non-hydrogen) atoms. The van der Waals surface area contributed by atoms with E-state index < -0.39 is 21.5 Å². The van der Waals surface area contributed by atoms with Crippen LogP contribution < -0.4 is 0 Å². The van der Waals surface area contributed by atoms with Gasteiger partial charge >= 0.3 is 21.5 Å². The van der Waals surface area contributed by atoms with Gasteiger partial charge in [-0.25, -0.2) is 0 Å². The van der Waals surface area contributed by atoms with E-state index in [0.717, 1.165) is 0 Å². The zero-order valence-electron chi connectivity index (χ0n) is 5.52.